The molecule has 6 nitrogen and oxygen atoms in total. The van der Waals surface area contributed by atoms with Crippen LogP contribution in [-0.4, -0.2) is 35.6 Å². The summed E-state index contributed by atoms with van der Waals surface area (Å²) in [4.78, 5) is 46.0. The monoisotopic (exact) mass is 466 g/mol. The molecule has 170 valence electrons. The lowest BCUT2D eigenvalue weighted by Gasteiger charge is -2.34. The highest BCUT2D eigenvalue weighted by molar-refractivity contribution is 7.22. The molecule has 0 bridgehead atoms. The van der Waals surface area contributed by atoms with Crippen molar-refractivity contribution in [3.05, 3.63) is 53.8 Å². The van der Waals surface area contributed by atoms with Gasteiger partial charge >= 0.3 is 0 Å². The van der Waals surface area contributed by atoms with Gasteiger partial charge in [-0.2, -0.15) is 0 Å². The van der Waals surface area contributed by atoms with E-state index in [-0.39, 0.29) is 11.7 Å². The first-order chi connectivity index (χ1) is 16.0. The van der Waals surface area contributed by atoms with Crippen LogP contribution in [0.15, 0.2) is 42.5 Å². The third-order valence-electron chi connectivity index (χ3n) is 6.69. The molecule has 2 atom stereocenters. The van der Waals surface area contributed by atoms with Crippen LogP contribution in [0.4, 0.5) is 9.52 Å². The highest BCUT2D eigenvalue weighted by Gasteiger charge is 2.55. The SMILES string of the molecule is COc1ccc(C(=O)C2C(=O)C(=O)N(c3nc4ccc(F)cc4s3)C2C2CCCCC2)cc1. The van der Waals surface area contributed by atoms with Crippen molar-refractivity contribution in [3.8, 4) is 5.75 Å². The minimum absolute atomic E-state index is 0.0186. The van der Waals surface area contributed by atoms with E-state index in [0.717, 1.165) is 32.1 Å². The molecule has 0 N–H and O–H groups in total. The molecule has 2 fully saturated rings. The minimum Gasteiger partial charge on any atom is -0.497 e. The maximum Gasteiger partial charge on any atom is 0.297 e. The lowest BCUT2D eigenvalue weighted by molar-refractivity contribution is -0.135. The normalized spacial score (nSPS) is 21.7. The third kappa shape index (κ3) is 3.82. The molecule has 1 aromatic heterocycles. The molecule has 0 radical (unpaired) electrons. The first-order valence-corrected chi connectivity index (χ1v) is 11.9. The smallest absolute Gasteiger partial charge is 0.297 e. The topological polar surface area (TPSA) is 76.6 Å². The summed E-state index contributed by atoms with van der Waals surface area (Å²) in [6.07, 6.45) is 4.77. The molecule has 0 spiro atoms. The molecule has 2 aromatic carbocycles. The van der Waals surface area contributed by atoms with E-state index in [4.69, 9.17) is 4.74 Å². The molecule has 1 amide bonds. The Hall–Kier alpha value is -3.13. The lowest BCUT2D eigenvalue weighted by atomic mass is 9.76. The zero-order chi connectivity index (χ0) is 23.1. The van der Waals surface area contributed by atoms with Crippen LogP contribution in [0.3, 0.4) is 0 Å². The van der Waals surface area contributed by atoms with Crippen molar-refractivity contribution in [3.63, 3.8) is 0 Å². The van der Waals surface area contributed by atoms with Gasteiger partial charge in [-0.25, -0.2) is 9.37 Å². The van der Waals surface area contributed by atoms with Gasteiger partial charge in [0.15, 0.2) is 10.9 Å². The van der Waals surface area contributed by atoms with Gasteiger partial charge < -0.3 is 4.74 Å². The van der Waals surface area contributed by atoms with Crippen molar-refractivity contribution < 1.29 is 23.5 Å². The maximum absolute atomic E-state index is 13.7. The van der Waals surface area contributed by atoms with Gasteiger partial charge in [0.25, 0.3) is 5.91 Å². The van der Waals surface area contributed by atoms with Gasteiger partial charge in [-0.15, -0.1) is 0 Å². The standard InChI is InChI=1S/C25H23FN2O4S/c1-32-17-10-7-15(8-11-17)22(29)20-21(14-5-3-2-4-6-14)28(24(31)23(20)30)25-27-18-12-9-16(26)13-19(18)33-25/h7-14,20-21H,2-6H2,1H3. The second-order valence-electron chi connectivity index (χ2n) is 8.61. The zero-order valence-electron chi connectivity index (χ0n) is 18.1. The van der Waals surface area contributed by atoms with Gasteiger partial charge in [0.2, 0.25) is 5.78 Å². The number of Topliss-reactive ketones (excluding diaryl/α,β-unsaturated/α-hetero) is 2. The van der Waals surface area contributed by atoms with Crippen molar-refractivity contribution in [1.82, 2.24) is 4.98 Å². The first-order valence-electron chi connectivity index (χ1n) is 11.1. The molecule has 1 saturated heterocycles. The molecule has 3 aromatic rings. The number of carbonyl (C=O) groups excluding carboxylic acids is 3. The maximum atomic E-state index is 13.7. The summed E-state index contributed by atoms with van der Waals surface area (Å²) in [5, 5.41) is 0.342. The van der Waals surface area contributed by atoms with Crippen molar-refractivity contribution >= 4 is 44.2 Å². The molecule has 1 aliphatic heterocycles. The Morgan fingerprint density at radius 1 is 1.09 bits per heavy atom. The molecular weight excluding hydrogens is 443 g/mol. The van der Waals surface area contributed by atoms with E-state index in [9.17, 15) is 18.8 Å². The number of nitrogens with zero attached hydrogens (tertiary/aromatic N) is 2. The van der Waals surface area contributed by atoms with E-state index in [0.29, 0.717) is 26.7 Å². The van der Waals surface area contributed by atoms with Gasteiger partial charge in [0.1, 0.15) is 17.5 Å². The number of methoxy groups -OCH3 is 1. The van der Waals surface area contributed by atoms with E-state index in [1.807, 2.05) is 0 Å². The number of carbonyl (C=O) groups is 3. The number of hydrogen-bond donors (Lipinski definition) is 0. The van der Waals surface area contributed by atoms with E-state index in [1.165, 1.54) is 35.5 Å². The van der Waals surface area contributed by atoms with Crippen LogP contribution >= 0.6 is 11.3 Å². The third-order valence-corrected chi connectivity index (χ3v) is 7.70. The van der Waals surface area contributed by atoms with Crippen LogP contribution in [-0.2, 0) is 9.59 Å². The van der Waals surface area contributed by atoms with Crippen LogP contribution in [0.25, 0.3) is 10.2 Å². The van der Waals surface area contributed by atoms with Gasteiger partial charge in [0.05, 0.1) is 23.4 Å². The van der Waals surface area contributed by atoms with Crippen molar-refractivity contribution in [2.24, 2.45) is 11.8 Å². The average Bonchev–Trinajstić information content (AvgIpc) is 3.37. The molecule has 1 aliphatic carbocycles. The minimum atomic E-state index is -1.09. The summed E-state index contributed by atoms with van der Waals surface area (Å²) in [5.74, 6) is -2.62. The van der Waals surface area contributed by atoms with E-state index < -0.39 is 29.5 Å². The van der Waals surface area contributed by atoms with Crippen LogP contribution in [0.1, 0.15) is 42.5 Å². The van der Waals surface area contributed by atoms with E-state index in [2.05, 4.69) is 4.98 Å². The van der Waals surface area contributed by atoms with Crippen LogP contribution in [0.2, 0.25) is 0 Å². The Kier molecular flexibility index (Phi) is 5.70. The highest BCUT2D eigenvalue weighted by atomic mass is 32.1. The number of anilines is 1. The van der Waals surface area contributed by atoms with Crippen LogP contribution < -0.4 is 9.64 Å². The predicted octanol–water partition coefficient (Wildman–Crippen LogP) is 4.81. The number of halogens is 1. The van der Waals surface area contributed by atoms with Gasteiger partial charge in [0, 0.05) is 5.56 Å². The van der Waals surface area contributed by atoms with Crippen molar-refractivity contribution in [2.45, 2.75) is 38.1 Å². The molecule has 8 heteroatoms. The number of amides is 1. The fourth-order valence-corrected chi connectivity index (χ4v) is 6.10. The molecular formula is C25H23FN2O4S. The summed E-state index contributed by atoms with van der Waals surface area (Å²) < 4.78 is 19.5. The summed E-state index contributed by atoms with van der Waals surface area (Å²) >= 11 is 1.17. The Balaban J connectivity index is 1.57. The second-order valence-corrected chi connectivity index (χ2v) is 9.62. The lowest BCUT2D eigenvalue weighted by Crippen LogP contribution is -2.43. The first kappa shape index (κ1) is 21.7. The Labute approximate surface area is 194 Å². The predicted molar refractivity (Wildman–Crippen MR) is 123 cm³/mol. The Bertz CT molecular complexity index is 1230. The van der Waals surface area contributed by atoms with E-state index in [1.54, 1.807) is 30.3 Å². The molecule has 5 rings (SSSR count). The number of fused-ring (bicyclic) bond motifs is 1. The van der Waals surface area contributed by atoms with E-state index >= 15 is 0 Å². The number of aromatic nitrogens is 1. The number of ether oxygens (including phenoxy) is 1. The molecule has 2 unspecified atom stereocenters. The average molecular weight is 467 g/mol. The fourth-order valence-electron chi connectivity index (χ4n) is 5.06. The van der Waals surface area contributed by atoms with Gasteiger partial charge in [-0.3, -0.25) is 19.3 Å². The highest BCUT2D eigenvalue weighted by Crippen LogP contribution is 2.42. The summed E-state index contributed by atoms with van der Waals surface area (Å²) in [6.45, 7) is 0. The summed E-state index contributed by atoms with van der Waals surface area (Å²) in [6, 6.07) is 10.2. The Morgan fingerprint density at radius 3 is 2.52 bits per heavy atom. The number of ketones is 2. The molecule has 2 heterocycles. The zero-order valence-corrected chi connectivity index (χ0v) is 18.9. The van der Waals surface area contributed by atoms with Crippen LogP contribution in [0, 0.1) is 17.7 Å². The van der Waals surface area contributed by atoms with Crippen LogP contribution in [0.5, 0.6) is 5.75 Å². The summed E-state index contributed by atoms with van der Waals surface area (Å²) in [5.41, 5.74) is 0.931. The number of benzene rings is 2. The molecule has 33 heavy (non-hydrogen) atoms. The molecule has 2 aliphatic rings. The van der Waals surface area contributed by atoms with Crippen molar-refractivity contribution in [1.29, 1.82) is 0 Å². The Morgan fingerprint density at radius 2 is 1.82 bits per heavy atom. The molecule has 1 saturated carbocycles. The largest absolute Gasteiger partial charge is 0.497 e. The second kappa shape index (κ2) is 8.67. The van der Waals surface area contributed by atoms with Gasteiger partial charge in [-0.1, -0.05) is 30.6 Å². The van der Waals surface area contributed by atoms with Crippen molar-refractivity contribution in [2.75, 3.05) is 12.0 Å². The quantitative estimate of drug-likeness (QED) is 0.306. The fraction of sp³-hybridized carbons (Fsp3) is 0.360. The number of thiazole rings is 1. The number of hydrogen-bond acceptors (Lipinski definition) is 6. The number of rotatable bonds is 5. The summed E-state index contributed by atoms with van der Waals surface area (Å²) in [7, 11) is 1.54. The van der Waals surface area contributed by atoms with Gasteiger partial charge in [-0.05, 0) is 61.2 Å².